The van der Waals surface area contributed by atoms with Gasteiger partial charge in [-0.2, -0.15) is 0 Å². The largest absolute Gasteiger partial charge is 0.468 e. The van der Waals surface area contributed by atoms with E-state index in [1.54, 1.807) is 0 Å². The van der Waals surface area contributed by atoms with Crippen molar-refractivity contribution in [2.45, 2.75) is 19.3 Å². The molecule has 0 atom stereocenters. The van der Waals surface area contributed by atoms with Crippen LogP contribution in [0.15, 0.2) is 24.3 Å². The third kappa shape index (κ3) is 2.35. The van der Waals surface area contributed by atoms with Crippen LogP contribution in [0.25, 0.3) is 0 Å². The zero-order valence-electron chi connectivity index (χ0n) is 10.6. The number of hydrogen-bond donors (Lipinski definition) is 0. The Bertz CT molecular complexity index is 366. The van der Waals surface area contributed by atoms with Crippen molar-refractivity contribution in [1.29, 1.82) is 0 Å². The normalized spacial score (nSPS) is 11.1. The van der Waals surface area contributed by atoms with Crippen molar-refractivity contribution in [3.05, 3.63) is 29.8 Å². The van der Waals surface area contributed by atoms with Crippen LogP contribution < -0.4 is 4.90 Å². The van der Waals surface area contributed by atoms with E-state index >= 15 is 0 Å². The molecule has 0 heterocycles. The van der Waals surface area contributed by atoms with Gasteiger partial charge in [-0.1, -0.05) is 12.1 Å². The van der Waals surface area contributed by atoms with Gasteiger partial charge in [-0.3, -0.25) is 4.79 Å². The van der Waals surface area contributed by atoms with Crippen LogP contribution in [-0.2, 0) is 14.9 Å². The highest BCUT2D eigenvalue weighted by Gasteiger charge is 2.30. The molecule has 0 unspecified atom stereocenters. The molecule has 0 amide bonds. The molecule has 0 fully saturated rings. The quantitative estimate of drug-likeness (QED) is 0.733. The highest BCUT2D eigenvalue weighted by atomic mass is 16.5. The van der Waals surface area contributed by atoms with E-state index in [0.717, 1.165) is 11.3 Å². The summed E-state index contributed by atoms with van der Waals surface area (Å²) in [6.45, 7) is 3.73. The van der Waals surface area contributed by atoms with Gasteiger partial charge in [-0.05, 0) is 31.5 Å². The highest BCUT2D eigenvalue weighted by molar-refractivity contribution is 5.82. The fraction of sp³-hybridized carbons (Fsp3) is 0.462. The lowest BCUT2D eigenvalue weighted by molar-refractivity contribution is -0.146. The minimum atomic E-state index is -0.598. The lowest BCUT2D eigenvalue weighted by atomic mass is 9.85. The maximum atomic E-state index is 11.6. The Morgan fingerprint density at radius 3 is 2.06 bits per heavy atom. The molecule has 1 aromatic rings. The van der Waals surface area contributed by atoms with E-state index in [1.165, 1.54) is 7.11 Å². The Labute approximate surface area is 97.0 Å². The molecule has 0 saturated heterocycles. The van der Waals surface area contributed by atoms with Crippen LogP contribution in [0, 0.1) is 0 Å². The molecule has 0 aromatic heterocycles. The molecular formula is C13H19NO2. The van der Waals surface area contributed by atoms with Gasteiger partial charge in [-0.15, -0.1) is 0 Å². The average molecular weight is 221 g/mol. The summed E-state index contributed by atoms with van der Waals surface area (Å²) in [4.78, 5) is 13.6. The van der Waals surface area contributed by atoms with Crippen LogP contribution in [0.4, 0.5) is 5.69 Å². The Balaban J connectivity index is 3.01. The summed E-state index contributed by atoms with van der Waals surface area (Å²) in [7, 11) is 5.39. The summed E-state index contributed by atoms with van der Waals surface area (Å²) in [5.74, 6) is -0.217. The minimum absolute atomic E-state index is 0.217. The van der Waals surface area contributed by atoms with Gasteiger partial charge >= 0.3 is 5.97 Å². The molecule has 0 bridgehead atoms. The number of carbonyl (C=O) groups excluding carboxylic acids is 1. The van der Waals surface area contributed by atoms with E-state index in [4.69, 9.17) is 4.74 Å². The summed E-state index contributed by atoms with van der Waals surface area (Å²) in [5, 5.41) is 0. The lowest BCUT2D eigenvalue weighted by Gasteiger charge is -2.23. The summed E-state index contributed by atoms with van der Waals surface area (Å²) in [5.41, 5.74) is 1.48. The van der Waals surface area contributed by atoms with Gasteiger partial charge in [0.15, 0.2) is 0 Å². The zero-order chi connectivity index (χ0) is 12.3. The van der Waals surface area contributed by atoms with Crippen molar-refractivity contribution in [2.24, 2.45) is 0 Å². The molecule has 0 radical (unpaired) electrons. The molecule has 1 aromatic carbocycles. The fourth-order valence-electron chi connectivity index (χ4n) is 1.55. The van der Waals surface area contributed by atoms with E-state index in [-0.39, 0.29) is 5.97 Å². The standard InChI is InChI=1S/C13H19NO2/c1-13(2,12(15)16-5)10-6-8-11(9-7-10)14(3)4/h6-9H,1-5H3. The molecule has 0 aliphatic heterocycles. The summed E-state index contributed by atoms with van der Waals surface area (Å²) >= 11 is 0. The topological polar surface area (TPSA) is 29.5 Å². The van der Waals surface area contributed by atoms with Gasteiger partial charge in [0.1, 0.15) is 0 Å². The summed E-state index contributed by atoms with van der Waals surface area (Å²) in [6.07, 6.45) is 0. The van der Waals surface area contributed by atoms with Gasteiger partial charge in [0, 0.05) is 19.8 Å². The van der Waals surface area contributed by atoms with Crippen molar-refractivity contribution in [2.75, 3.05) is 26.1 Å². The fourth-order valence-corrected chi connectivity index (χ4v) is 1.55. The Morgan fingerprint density at radius 1 is 1.19 bits per heavy atom. The minimum Gasteiger partial charge on any atom is -0.468 e. The molecule has 0 aliphatic rings. The monoisotopic (exact) mass is 221 g/mol. The average Bonchev–Trinajstić information content (AvgIpc) is 2.28. The number of esters is 1. The molecule has 16 heavy (non-hydrogen) atoms. The molecule has 0 saturated carbocycles. The first-order valence-corrected chi connectivity index (χ1v) is 5.26. The number of benzene rings is 1. The van der Waals surface area contributed by atoms with Gasteiger partial charge in [0.05, 0.1) is 12.5 Å². The second-order valence-electron chi connectivity index (χ2n) is 4.56. The second-order valence-corrected chi connectivity index (χ2v) is 4.56. The van der Waals surface area contributed by atoms with Crippen LogP contribution >= 0.6 is 0 Å². The highest BCUT2D eigenvalue weighted by Crippen LogP contribution is 2.26. The van der Waals surface area contributed by atoms with Crippen molar-refractivity contribution in [3.8, 4) is 0 Å². The van der Waals surface area contributed by atoms with E-state index in [1.807, 2.05) is 57.1 Å². The molecule has 0 spiro atoms. The van der Waals surface area contributed by atoms with Gasteiger partial charge in [0.25, 0.3) is 0 Å². The van der Waals surface area contributed by atoms with Crippen LogP contribution in [0.2, 0.25) is 0 Å². The number of carbonyl (C=O) groups is 1. The second kappa shape index (κ2) is 4.56. The third-order valence-corrected chi connectivity index (χ3v) is 2.80. The van der Waals surface area contributed by atoms with E-state index in [9.17, 15) is 4.79 Å². The molecule has 3 nitrogen and oxygen atoms in total. The number of anilines is 1. The van der Waals surface area contributed by atoms with E-state index < -0.39 is 5.41 Å². The van der Waals surface area contributed by atoms with Crippen LogP contribution in [0.3, 0.4) is 0 Å². The lowest BCUT2D eigenvalue weighted by Crippen LogP contribution is -2.30. The number of methoxy groups -OCH3 is 1. The van der Waals surface area contributed by atoms with Crippen LogP contribution in [-0.4, -0.2) is 27.2 Å². The van der Waals surface area contributed by atoms with Crippen LogP contribution in [0.1, 0.15) is 19.4 Å². The number of hydrogen-bond acceptors (Lipinski definition) is 3. The van der Waals surface area contributed by atoms with Gasteiger partial charge in [0.2, 0.25) is 0 Å². The maximum Gasteiger partial charge on any atom is 0.315 e. The van der Waals surface area contributed by atoms with Crippen molar-refractivity contribution in [3.63, 3.8) is 0 Å². The molecule has 0 N–H and O–H groups in total. The van der Waals surface area contributed by atoms with E-state index in [0.29, 0.717) is 0 Å². The van der Waals surface area contributed by atoms with Crippen molar-refractivity contribution >= 4 is 11.7 Å². The number of nitrogens with zero attached hydrogens (tertiary/aromatic N) is 1. The first-order chi connectivity index (χ1) is 7.39. The Kier molecular flexibility index (Phi) is 3.58. The SMILES string of the molecule is COC(=O)C(C)(C)c1ccc(N(C)C)cc1. The van der Waals surface area contributed by atoms with Crippen molar-refractivity contribution in [1.82, 2.24) is 0 Å². The number of ether oxygens (including phenoxy) is 1. The molecular weight excluding hydrogens is 202 g/mol. The Hall–Kier alpha value is -1.51. The predicted molar refractivity (Wildman–Crippen MR) is 65.8 cm³/mol. The molecule has 88 valence electrons. The van der Waals surface area contributed by atoms with Gasteiger partial charge < -0.3 is 9.64 Å². The number of rotatable bonds is 3. The third-order valence-electron chi connectivity index (χ3n) is 2.80. The zero-order valence-corrected chi connectivity index (χ0v) is 10.6. The van der Waals surface area contributed by atoms with Gasteiger partial charge in [-0.25, -0.2) is 0 Å². The molecule has 3 heteroatoms. The molecule has 0 aliphatic carbocycles. The summed E-state index contributed by atoms with van der Waals surface area (Å²) < 4.78 is 4.80. The maximum absolute atomic E-state index is 11.6. The molecule has 1 rings (SSSR count). The Morgan fingerprint density at radius 2 is 1.69 bits per heavy atom. The van der Waals surface area contributed by atoms with Crippen LogP contribution in [0.5, 0.6) is 0 Å². The van der Waals surface area contributed by atoms with Crippen molar-refractivity contribution < 1.29 is 9.53 Å². The summed E-state index contributed by atoms with van der Waals surface area (Å²) in [6, 6.07) is 7.93. The first-order valence-electron chi connectivity index (χ1n) is 5.26. The predicted octanol–water partition coefficient (Wildman–Crippen LogP) is 2.20. The smallest absolute Gasteiger partial charge is 0.315 e. The first kappa shape index (κ1) is 12.6. The van der Waals surface area contributed by atoms with E-state index in [2.05, 4.69) is 0 Å².